The fourth-order valence-electron chi connectivity index (χ4n) is 1.41. The number of carbonyl (C=O) groups excluding carboxylic acids is 3. The molecule has 1 fully saturated rings. The first-order valence-corrected chi connectivity index (χ1v) is 5.19. The second kappa shape index (κ2) is 5.34. The third-order valence-corrected chi connectivity index (χ3v) is 2.50. The third-order valence-electron chi connectivity index (χ3n) is 2.50. The van der Waals surface area contributed by atoms with E-state index in [1.54, 1.807) is 0 Å². The van der Waals surface area contributed by atoms with Crippen LogP contribution in [-0.2, 0) is 14.4 Å². The molecule has 0 bridgehead atoms. The van der Waals surface area contributed by atoms with Gasteiger partial charge in [-0.15, -0.1) is 0 Å². The van der Waals surface area contributed by atoms with Crippen molar-refractivity contribution in [2.45, 2.75) is 19.0 Å². The van der Waals surface area contributed by atoms with Gasteiger partial charge in [0.2, 0.25) is 11.8 Å². The first kappa shape index (κ1) is 13.7. The Morgan fingerprint density at radius 2 is 2.17 bits per heavy atom. The molecule has 0 radical (unpaired) electrons. The second-order valence-electron chi connectivity index (χ2n) is 3.86. The van der Waals surface area contributed by atoms with Gasteiger partial charge in [-0.2, -0.15) is 0 Å². The van der Waals surface area contributed by atoms with Gasteiger partial charge in [0.25, 0.3) is 0 Å². The number of piperazine rings is 1. The number of nitrogens with two attached hydrogens (primary N) is 1. The van der Waals surface area contributed by atoms with Gasteiger partial charge >= 0.3 is 12.0 Å². The van der Waals surface area contributed by atoms with Gasteiger partial charge in [0.05, 0.1) is 0 Å². The zero-order valence-corrected chi connectivity index (χ0v) is 9.67. The first-order valence-electron chi connectivity index (χ1n) is 5.19. The van der Waals surface area contributed by atoms with Crippen LogP contribution in [0.25, 0.3) is 0 Å². The number of primary amides is 1. The van der Waals surface area contributed by atoms with E-state index in [9.17, 15) is 19.2 Å². The largest absolute Gasteiger partial charge is 0.480 e. The normalized spacial score (nSPS) is 20.8. The summed E-state index contributed by atoms with van der Waals surface area (Å²) in [4.78, 5) is 45.5. The fraction of sp³-hybridized carbons (Fsp3) is 0.556. The van der Waals surface area contributed by atoms with Crippen molar-refractivity contribution in [3.63, 3.8) is 0 Å². The van der Waals surface area contributed by atoms with Crippen molar-refractivity contribution in [3.05, 3.63) is 0 Å². The van der Waals surface area contributed by atoms with Gasteiger partial charge in [0.1, 0.15) is 18.6 Å². The Kier molecular flexibility index (Phi) is 4.08. The quantitative estimate of drug-likeness (QED) is 0.441. The number of carboxylic acid groups (broad SMARTS) is 1. The minimum atomic E-state index is -1.24. The van der Waals surface area contributed by atoms with Crippen LogP contribution in [0, 0.1) is 0 Å². The van der Waals surface area contributed by atoms with Crippen molar-refractivity contribution in [1.82, 2.24) is 15.5 Å². The number of hydrogen-bond donors (Lipinski definition) is 4. The van der Waals surface area contributed by atoms with Crippen LogP contribution in [0.5, 0.6) is 0 Å². The molecule has 9 heteroatoms. The SMILES string of the molecule is CC(NC(=O)N1CC(=O)NCC1C(=O)O)C(N)=O. The van der Waals surface area contributed by atoms with Gasteiger partial charge < -0.3 is 21.5 Å². The van der Waals surface area contributed by atoms with Crippen molar-refractivity contribution in [3.8, 4) is 0 Å². The summed E-state index contributed by atoms with van der Waals surface area (Å²) in [6, 6.07) is -2.93. The molecular weight excluding hydrogens is 244 g/mol. The number of amides is 4. The van der Waals surface area contributed by atoms with Gasteiger partial charge in [-0.05, 0) is 6.92 Å². The van der Waals surface area contributed by atoms with Crippen LogP contribution in [0.4, 0.5) is 4.79 Å². The number of urea groups is 1. The van der Waals surface area contributed by atoms with Crippen molar-refractivity contribution in [2.75, 3.05) is 13.1 Å². The van der Waals surface area contributed by atoms with E-state index in [0.29, 0.717) is 0 Å². The number of rotatable bonds is 3. The Balaban J connectivity index is 2.76. The van der Waals surface area contributed by atoms with Gasteiger partial charge in [-0.1, -0.05) is 0 Å². The van der Waals surface area contributed by atoms with Crippen LogP contribution in [-0.4, -0.2) is 59.0 Å². The maximum atomic E-state index is 11.7. The van der Waals surface area contributed by atoms with Crippen molar-refractivity contribution in [1.29, 1.82) is 0 Å². The number of nitrogens with one attached hydrogen (secondary N) is 2. The molecule has 1 heterocycles. The average molecular weight is 258 g/mol. The number of nitrogens with zero attached hydrogens (tertiary/aromatic N) is 1. The highest BCUT2D eigenvalue weighted by Gasteiger charge is 2.35. The summed E-state index contributed by atoms with van der Waals surface area (Å²) in [7, 11) is 0. The molecule has 2 atom stereocenters. The van der Waals surface area contributed by atoms with E-state index in [1.165, 1.54) is 6.92 Å². The van der Waals surface area contributed by atoms with E-state index < -0.39 is 35.9 Å². The first-order chi connectivity index (χ1) is 8.32. The van der Waals surface area contributed by atoms with E-state index in [4.69, 9.17) is 10.8 Å². The number of aliphatic carboxylic acids is 1. The predicted octanol–water partition coefficient (Wildman–Crippen LogP) is -2.55. The van der Waals surface area contributed by atoms with Crippen LogP contribution >= 0.6 is 0 Å². The Morgan fingerprint density at radius 1 is 1.56 bits per heavy atom. The Morgan fingerprint density at radius 3 is 2.67 bits per heavy atom. The molecule has 4 amide bonds. The van der Waals surface area contributed by atoms with Gasteiger partial charge in [0, 0.05) is 6.54 Å². The monoisotopic (exact) mass is 258 g/mol. The summed E-state index contributed by atoms with van der Waals surface area (Å²) in [5.41, 5.74) is 4.97. The summed E-state index contributed by atoms with van der Waals surface area (Å²) in [6.45, 7) is 0.806. The molecule has 0 saturated carbocycles. The molecule has 5 N–H and O–H groups in total. The van der Waals surface area contributed by atoms with E-state index >= 15 is 0 Å². The number of carbonyl (C=O) groups is 4. The standard InChI is InChI=1S/C9H14N4O5/c1-4(7(10)15)12-9(18)13-3-6(14)11-2-5(13)8(16)17/h4-5H,2-3H2,1H3,(H2,10,15)(H,11,14)(H,12,18)(H,16,17). The van der Waals surface area contributed by atoms with Crippen LogP contribution in [0.1, 0.15) is 6.92 Å². The Labute approximate surface area is 102 Å². The molecule has 2 unspecified atom stereocenters. The van der Waals surface area contributed by atoms with Crippen molar-refractivity contribution >= 4 is 23.8 Å². The molecule has 1 aliphatic rings. The molecule has 1 saturated heterocycles. The lowest BCUT2D eigenvalue weighted by Crippen LogP contribution is -2.62. The zero-order valence-electron chi connectivity index (χ0n) is 9.67. The zero-order chi connectivity index (χ0) is 13.9. The lowest BCUT2D eigenvalue weighted by molar-refractivity contribution is -0.144. The minimum Gasteiger partial charge on any atom is -0.480 e. The Bertz CT molecular complexity index is 396. The maximum Gasteiger partial charge on any atom is 0.328 e. The third kappa shape index (κ3) is 3.09. The predicted molar refractivity (Wildman–Crippen MR) is 58.3 cm³/mol. The summed E-state index contributed by atoms with van der Waals surface area (Å²) in [5, 5.41) is 13.5. The average Bonchev–Trinajstić information content (AvgIpc) is 2.28. The molecule has 0 spiro atoms. The van der Waals surface area contributed by atoms with Crippen LogP contribution in [0.15, 0.2) is 0 Å². The number of carboxylic acids is 1. The van der Waals surface area contributed by atoms with Crippen LogP contribution in [0.3, 0.4) is 0 Å². The van der Waals surface area contributed by atoms with Crippen LogP contribution < -0.4 is 16.4 Å². The smallest absolute Gasteiger partial charge is 0.328 e. The molecular formula is C9H14N4O5. The second-order valence-corrected chi connectivity index (χ2v) is 3.86. The van der Waals surface area contributed by atoms with E-state index in [1.807, 2.05) is 0 Å². The van der Waals surface area contributed by atoms with E-state index in [-0.39, 0.29) is 13.1 Å². The van der Waals surface area contributed by atoms with Crippen molar-refractivity contribution in [2.24, 2.45) is 5.73 Å². The summed E-state index contributed by atoms with van der Waals surface area (Å²) < 4.78 is 0. The lowest BCUT2D eigenvalue weighted by atomic mass is 10.2. The summed E-state index contributed by atoms with van der Waals surface area (Å²) in [6.07, 6.45) is 0. The fourth-order valence-corrected chi connectivity index (χ4v) is 1.41. The molecule has 0 aliphatic carbocycles. The topological polar surface area (TPSA) is 142 Å². The Hall–Kier alpha value is -2.32. The highest BCUT2D eigenvalue weighted by atomic mass is 16.4. The molecule has 100 valence electrons. The number of hydrogen-bond acceptors (Lipinski definition) is 4. The molecule has 9 nitrogen and oxygen atoms in total. The highest BCUT2D eigenvalue weighted by Crippen LogP contribution is 2.05. The molecule has 0 aromatic rings. The van der Waals surface area contributed by atoms with Gasteiger partial charge in [-0.3, -0.25) is 14.5 Å². The van der Waals surface area contributed by atoms with Gasteiger partial charge in [0.15, 0.2) is 0 Å². The van der Waals surface area contributed by atoms with E-state index in [2.05, 4.69) is 10.6 Å². The van der Waals surface area contributed by atoms with Crippen LogP contribution in [0.2, 0.25) is 0 Å². The van der Waals surface area contributed by atoms with E-state index in [0.717, 1.165) is 4.90 Å². The minimum absolute atomic E-state index is 0.174. The van der Waals surface area contributed by atoms with Crippen molar-refractivity contribution < 1.29 is 24.3 Å². The van der Waals surface area contributed by atoms with Gasteiger partial charge in [-0.25, -0.2) is 9.59 Å². The molecule has 1 aliphatic heterocycles. The molecule has 0 aromatic heterocycles. The summed E-state index contributed by atoms with van der Waals surface area (Å²) in [5.74, 6) is -2.46. The summed E-state index contributed by atoms with van der Waals surface area (Å²) >= 11 is 0. The lowest BCUT2D eigenvalue weighted by Gasteiger charge is -2.33. The highest BCUT2D eigenvalue weighted by molar-refractivity contribution is 5.92. The maximum absolute atomic E-state index is 11.7. The molecule has 0 aromatic carbocycles. The molecule has 1 rings (SSSR count). The molecule has 18 heavy (non-hydrogen) atoms.